The number of anilines is 3. The summed E-state index contributed by atoms with van der Waals surface area (Å²) in [6.07, 6.45) is 2.58. The van der Waals surface area contributed by atoms with Crippen molar-refractivity contribution in [1.29, 1.82) is 0 Å². The zero-order valence-electron chi connectivity index (χ0n) is 26.1. The van der Waals surface area contributed by atoms with Crippen molar-refractivity contribution in [1.82, 2.24) is 28.7 Å². The van der Waals surface area contributed by atoms with Crippen molar-refractivity contribution in [3.05, 3.63) is 106 Å². The number of para-hydroxylation sites is 6. The summed E-state index contributed by atoms with van der Waals surface area (Å²) in [5, 5.41) is 0. The van der Waals surface area contributed by atoms with Crippen LogP contribution in [-0.4, -0.2) is 28.7 Å². The number of nitrogens with two attached hydrogens (primary N) is 3. The molecule has 3 aromatic heterocycles. The predicted molar refractivity (Wildman–Crippen MR) is 184 cm³/mol. The lowest BCUT2D eigenvalue weighted by Gasteiger charge is -2.27. The molecule has 0 saturated carbocycles. The number of nitrogen functional groups attached to an aromatic ring is 3. The molecule has 9 nitrogen and oxygen atoms in total. The van der Waals surface area contributed by atoms with E-state index in [9.17, 15) is 0 Å². The highest BCUT2D eigenvalue weighted by Gasteiger charge is 2.25. The number of imidazole rings is 3. The Labute approximate surface area is 262 Å². The smallest absolute Gasteiger partial charge is 0.201 e. The average Bonchev–Trinajstić information content (AvgIpc) is 3.66. The number of rotatable bonds is 9. The number of nitrogens with zero attached hydrogens (tertiary/aromatic N) is 6. The van der Waals surface area contributed by atoms with Gasteiger partial charge >= 0.3 is 0 Å². The molecule has 0 radical (unpaired) electrons. The number of hydrogen-bond acceptors (Lipinski definition) is 6. The van der Waals surface area contributed by atoms with Crippen LogP contribution in [0.1, 0.15) is 54.2 Å². The van der Waals surface area contributed by atoms with Crippen molar-refractivity contribution >= 4 is 50.9 Å². The molecule has 9 heteroatoms. The number of hydrogen-bond donors (Lipinski definition) is 3. The van der Waals surface area contributed by atoms with Gasteiger partial charge in [-0.15, -0.1) is 0 Å². The van der Waals surface area contributed by atoms with Gasteiger partial charge in [-0.2, -0.15) is 0 Å². The molecular weight excluding hydrogens is 558 g/mol. The van der Waals surface area contributed by atoms with Crippen LogP contribution in [0.3, 0.4) is 0 Å². The van der Waals surface area contributed by atoms with Gasteiger partial charge in [0.15, 0.2) is 0 Å². The molecule has 0 bridgehead atoms. The molecule has 45 heavy (non-hydrogen) atoms. The minimum Gasteiger partial charge on any atom is -0.369 e. The second-order valence-corrected chi connectivity index (χ2v) is 11.6. The van der Waals surface area contributed by atoms with E-state index >= 15 is 0 Å². The topological polar surface area (TPSA) is 132 Å². The van der Waals surface area contributed by atoms with Gasteiger partial charge in [0.05, 0.1) is 52.7 Å². The van der Waals surface area contributed by atoms with Crippen LogP contribution < -0.4 is 17.2 Å². The Morgan fingerprint density at radius 1 is 0.422 bits per heavy atom. The highest BCUT2D eigenvalue weighted by Crippen LogP contribution is 2.35. The molecule has 0 fully saturated rings. The number of aromatic nitrogens is 6. The minimum absolute atomic E-state index is 0.512. The van der Waals surface area contributed by atoms with Crippen LogP contribution in [0.4, 0.5) is 17.8 Å². The Hall–Kier alpha value is -5.31. The zero-order chi connectivity index (χ0) is 31.2. The first-order valence-corrected chi connectivity index (χ1v) is 15.7. The summed E-state index contributed by atoms with van der Waals surface area (Å²) in [4.78, 5) is 14.1. The first kappa shape index (κ1) is 28.5. The van der Waals surface area contributed by atoms with E-state index in [-0.39, 0.29) is 0 Å². The van der Waals surface area contributed by atoms with E-state index in [1.54, 1.807) is 0 Å². The summed E-state index contributed by atoms with van der Waals surface area (Å²) in [5.41, 5.74) is 33.4. The second-order valence-electron chi connectivity index (χ2n) is 11.6. The van der Waals surface area contributed by atoms with E-state index in [0.717, 1.165) is 52.4 Å². The molecule has 0 atom stereocenters. The van der Waals surface area contributed by atoms with Gasteiger partial charge in [0.25, 0.3) is 0 Å². The predicted octanol–water partition coefficient (Wildman–Crippen LogP) is 6.31. The molecule has 0 spiro atoms. The molecule has 0 aliphatic rings. The SMILES string of the molecule is CCc1c(Cn2c(N)nc3ccccc32)c(CC)c(Cn2c(N)nc3ccccc32)c(CC)c1Cn1c(N)nc2ccccc21. The van der Waals surface area contributed by atoms with Crippen LogP contribution in [-0.2, 0) is 38.9 Å². The van der Waals surface area contributed by atoms with Gasteiger partial charge in [-0.1, -0.05) is 57.2 Å². The van der Waals surface area contributed by atoms with Crippen LogP contribution in [0.5, 0.6) is 0 Å². The summed E-state index contributed by atoms with van der Waals surface area (Å²) in [6.45, 7) is 8.57. The first-order chi connectivity index (χ1) is 21.9. The molecule has 0 amide bonds. The van der Waals surface area contributed by atoms with Crippen LogP contribution in [0.15, 0.2) is 72.8 Å². The maximum Gasteiger partial charge on any atom is 0.201 e. The van der Waals surface area contributed by atoms with E-state index < -0.39 is 0 Å². The molecule has 6 N–H and O–H groups in total. The second kappa shape index (κ2) is 11.3. The van der Waals surface area contributed by atoms with Crippen LogP contribution in [0.2, 0.25) is 0 Å². The molecule has 7 rings (SSSR count). The largest absolute Gasteiger partial charge is 0.369 e. The van der Waals surface area contributed by atoms with Crippen LogP contribution >= 0.6 is 0 Å². The maximum absolute atomic E-state index is 6.59. The van der Waals surface area contributed by atoms with Crippen molar-refractivity contribution in [2.75, 3.05) is 17.2 Å². The lowest BCUT2D eigenvalue weighted by molar-refractivity contribution is 0.743. The molecule has 228 valence electrons. The van der Waals surface area contributed by atoms with E-state index in [4.69, 9.17) is 32.2 Å². The fraction of sp³-hybridized carbons (Fsp3) is 0.250. The first-order valence-electron chi connectivity index (χ1n) is 15.7. The van der Waals surface area contributed by atoms with Crippen molar-refractivity contribution in [2.24, 2.45) is 0 Å². The third-order valence-corrected chi connectivity index (χ3v) is 9.25. The molecular formula is C36H39N9. The van der Waals surface area contributed by atoms with E-state index in [1.807, 2.05) is 54.6 Å². The molecule has 0 saturated heterocycles. The Bertz CT molecular complexity index is 1930. The van der Waals surface area contributed by atoms with E-state index in [0.29, 0.717) is 37.5 Å². The van der Waals surface area contributed by atoms with Crippen molar-refractivity contribution in [3.8, 4) is 0 Å². The molecule has 0 aliphatic heterocycles. The maximum atomic E-state index is 6.59. The fourth-order valence-corrected chi connectivity index (χ4v) is 7.20. The van der Waals surface area contributed by atoms with Gasteiger partial charge in [0, 0.05) is 0 Å². The lowest BCUT2D eigenvalue weighted by Crippen LogP contribution is -2.20. The third-order valence-electron chi connectivity index (χ3n) is 9.25. The van der Waals surface area contributed by atoms with Crippen LogP contribution in [0.25, 0.3) is 33.1 Å². The van der Waals surface area contributed by atoms with Crippen molar-refractivity contribution in [3.63, 3.8) is 0 Å². The summed E-state index contributed by atoms with van der Waals surface area (Å²) in [7, 11) is 0. The Kier molecular flexibility index (Phi) is 7.16. The monoisotopic (exact) mass is 597 g/mol. The van der Waals surface area contributed by atoms with Gasteiger partial charge < -0.3 is 30.9 Å². The van der Waals surface area contributed by atoms with Gasteiger partial charge in [0.2, 0.25) is 17.8 Å². The zero-order valence-corrected chi connectivity index (χ0v) is 26.1. The molecule has 3 heterocycles. The van der Waals surface area contributed by atoms with Gasteiger partial charge in [-0.25, -0.2) is 15.0 Å². The lowest BCUT2D eigenvalue weighted by atomic mass is 9.83. The summed E-state index contributed by atoms with van der Waals surface area (Å²) in [5.74, 6) is 1.54. The normalized spacial score (nSPS) is 11.8. The Morgan fingerprint density at radius 3 is 0.956 bits per heavy atom. The van der Waals surface area contributed by atoms with Crippen LogP contribution in [0, 0.1) is 0 Å². The Balaban J connectivity index is 1.50. The molecule has 0 aliphatic carbocycles. The molecule has 0 unspecified atom stereocenters. The summed E-state index contributed by atoms with van der Waals surface area (Å²) < 4.78 is 6.43. The third kappa shape index (κ3) is 4.66. The highest BCUT2D eigenvalue weighted by molar-refractivity contribution is 5.80. The minimum atomic E-state index is 0.512. The average molecular weight is 598 g/mol. The van der Waals surface area contributed by atoms with E-state index in [2.05, 4.69) is 52.7 Å². The number of benzene rings is 4. The quantitative estimate of drug-likeness (QED) is 0.179. The number of fused-ring (bicyclic) bond motifs is 3. The highest BCUT2D eigenvalue weighted by atomic mass is 15.2. The van der Waals surface area contributed by atoms with Crippen molar-refractivity contribution < 1.29 is 0 Å². The molecule has 4 aromatic carbocycles. The van der Waals surface area contributed by atoms with Gasteiger partial charge in [0.1, 0.15) is 0 Å². The summed E-state index contributed by atoms with van der Waals surface area (Å²) >= 11 is 0. The fourth-order valence-electron chi connectivity index (χ4n) is 7.20. The van der Waals surface area contributed by atoms with Gasteiger partial charge in [-0.3, -0.25) is 0 Å². The van der Waals surface area contributed by atoms with Gasteiger partial charge in [-0.05, 0) is 89.0 Å². The standard InChI is InChI=1S/C36H39N9/c1-4-22-25(19-43-31-16-10-7-13-28(31)40-34(43)37)23(5-2)27(21-45-33-18-12-9-15-30(33)42-36(45)39)24(6-3)26(22)20-44-32-17-11-8-14-29(32)41-35(44)38/h7-18H,4-6,19-21H2,1-3H3,(H2,37,40)(H2,38,41)(H2,39,42). The Morgan fingerprint density at radius 2 is 0.689 bits per heavy atom. The molecule has 7 aromatic rings. The van der Waals surface area contributed by atoms with E-state index in [1.165, 1.54) is 33.4 Å². The van der Waals surface area contributed by atoms with Crippen molar-refractivity contribution in [2.45, 2.75) is 59.7 Å². The summed E-state index contributed by atoms with van der Waals surface area (Å²) in [6, 6.07) is 24.4.